The molecule has 0 spiro atoms. The molecule has 2 aromatic heterocycles. The Hall–Kier alpha value is -3.85. The van der Waals surface area contributed by atoms with Crippen LogP contribution in [0.2, 0.25) is 0 Å². The number of benzene rings is 4. The summed E-state index contributed by atoms with van der Waals surface area (Å²) in [6, 6.07) is 28.8. The minimum Gasteiger partial charge on any atom is -0.455 e. The summed E-state index contributed by atoms with van der Waals surface area (Å²) >= 11 is 0. The van der Waals surface area contributed by atoms with E-state index in [2.05, 4.69) is 0 Å². The molecular weight excluding hydrogens is 380 g/mol. The molecule has 1 atom stereocenters. The van der Waals surface area contributed by atoms with Gasteiger partial charge in [-0.1, -0.05) is 74.4 Å². The van der Waals surface area contributed by atoms with Gasteiger partial charge in [0.25, 0.3) is 0 Å². The van der Waals surface area contributed by atoms with Crippen LogP contribution in [0.3, 0.4) is 0 Å². The fourth-order valence-corrected chi connectivity index (χ4v) is 4.36. The van der Waals surface area contributed by atoms with E-state index in [4.69, 9.17) is 14.9 Å². The zero-order valence-electron chi connectivity index (χ0n) is 21.0. The lowest BCUT2D eigenvalue weighted by atomic mass is 10.0. The lowest BCUT2D eigenvalue weighted by molar-refractivity contribution is 0.669. The van der Waals surface area contributed by atoms with Gasteiger partial charge in [0.1, 0.15) is 17.0 Å². The van der Waals surface area contributed by atoms with E-state index in [1.54, 1.807) is 12.1 Å². The van der Waals surface area contributed by atoms with Gasteiger partial charge >= 0.3 is 0 Å². The lowest BCUT2D eigenvalue weighted by Crippen LogP contribution is -2.03. The van der Waals surface area contributed by atoms with Crippen LogP contribution in [-0.4, -0.2) is 9.55 Å². The Morgan fingerprint density at radius 2 is 1.65 bits per heavy atom. The van der Waals surface area contributed by atoms with Crippen molar-refractivity contribution in [3.05, 3.63) is 96.6 Å². The molecule has 0 amide bonds. The predicted molar refractivity (Wildman–Crippen MR) is 128 cm³/mol. The van der Waals surface area contributed by atoms with Crippen molar-refractivity contribution in [3.8, 4) is 17.1 Å². The van der Waals surface area contributed by atoms with E-state index >= 15 is 0 Å². The number of para-hydroxylation sites is 5. The maximum absolute atomic E-state index is 8.83. The molecule has 6 aromatic rings. The molecule has 0 fully saturated rings. The van der Waals surface area contributed by atoms with Crippen molar-refractivity contribution in [1.82, 2.24) is 9.55 Å². The third-order valence-electron chi connectivity index (χ3n) is 5.75. The van der Waals surface area contributed by atoms with E-state index in [0.717, 1.165) is 33.0 Å². The Balaban J connectivity index is 1.72. The van der Waals surface area contributed by atoms with Crippen LogP contribution in [0.1, 0.15) is 30.7 Å². The Morgan fingerprint density at radius 1 is 0.871 bits per heavy atom. The van der Waals surface area contributed by atoms with Gasteiger partial charge in [0, 0.05) is 16.3 Å². The quantitative estimate of drug-likeness (QED) is 0.301. The van der Waals surface area contributed by atoms with Crippen LogP contribution in [-0.2, 0) is 0 Å². The Morgan fingerprint density at radius 3 is 2.58 bits per heavy atom. The minimum absolute atomic E-state index is 0.404. The molecule has 0 bridgehead atoms. The number of furan rings is 1. The van der Waals surface area contributed by atoms with Gasteiger partial charge in [-0.05, 0) is 41.8 Å². The maximum Gasteiger partial charge on any atom is 0.149 e. The van der Waals surface area contributed by atoms with Gasteiger partial charge in [0.2, 0.25) is 0 Å². The number of hydrogen-bond acceptors (Lipinski definition) is 2. The van der Waals surface area contributed by atoms with E-state index in [9.17, 15) is 0 Å². The monoisotopic (exact) mass is 406 g/mol. The van der Waals surface area contributed by atoms with Gasteiger partial charge in [-0.25, -0.2) is 4.98 Å². The number of aromatic nitrogens is 2. The second-order valence-electron chi connectivity index (χ2n) is 7.68. The first-order chi connectivity index (χ1) is 16.8. The molecule has 0 N–H and O–H groups in total. The van der Waals surface area contributed by atoms with Gasteiger partial charge in [-0.15, -0.1) is 0 Å². The van der Waals surface area contributed by atoms with Crippen molar-refractivity contribution in [2.75, 3.05) is 0 Å². The molecule has 0 aliphatic rings. The van der Waals surface area contributed by atoms with Crippen LogP contribution in [0.15, 0.2) is 95.4 Å². The summed E-state index contributed by atoms with van der Waals surface area (Å²) in [5.41, 5.74) is 4.91. The number of hydrogen-bond donors (Lipinski definition) is 0. The minimum atomic E-state index is -2.52. The third kappa shape index (κ3) is 2.70. The molecule has 1 unspecified atom stereocenters. The Bertz CT molecular complexity index is 1730. The van der Waals surface area contributed by atoms with Crippen LogP contribution >= 0.6 is 0 Å². The molecule has 150 valence electrons. The molecule has 31 heavy (non-hydrogen) atoms. The Labute approximate surface area is 186 Å². The van der Waals surface area contributed by atoms with E-state index < -0.39 is 12.7 Å². The summed E-state index contributed by atoms with van der Waals surface area (Å²) in [4.78, 5) is 4.97. The normalized spacial score (nSPS) is 16.0. The summed E-state index contributed by atoms with van der Waals surface area (Å²) in [5.74, 6) is -1.19. The molecule has 0 radical (unpaired) electrons. The highest BCUT2D eigenvalue weighted by Crippen LogP contribution is 2.38. The first kappa shape index (κ1) is 14.2. The van der Waals surface area contributed by atoms with Gasteiger partial charge < -0.3 is 4.42 Å². The molecular formula is C28H22N2O. The molecule has 0 aliphatic heterocycles. The summed E-state index contributed by atoms with van der Waals surface area (Å²) in [7, 11) is 0. The number of rotatable bonds is 3. The molecule has 6 rings (SSSR count). The standard InChI is InChI=1S/C28H22N2O/c1-18(2)19-10-3-6-15-24(19)30-25-16-7-5-14-23(25)29-28(30)22-13-9-12-21-20-11-4-8-17-26(20)31-27(21)22/h3-18H,1-2H3/i1D3,18D. The average Bonchev–Trinajstić information content (AvgIpc) is 3.42. The van der Waals surface area contributed by atoms with Crippen molar-refractivity contribution < 1.29 is 9.90 Å². The maximum atomic E-state index is 8.83. The first-order valence-electron chi connectivity index (χ1n) is 12.3. The van der Waals surface area contributed by atoms with Crippen molar-refractivity contribution >= 4 is 33.0 Å². The van der Waals surface area contributed by atoms with E-state index in [-0.39, 0.29) is 0 Å². The highest BCUT2D eigenvalue weighted by Gasteiger charge is 2.21. The molecule has 0 aliphatic carbocycles. The van der Waals surface area contributed by atoms with Gasteiger partial charge in [-0.2, -0.15) is 0 Å². The topological polar surface area (TPSA) is 31.0 Å². The highest BCUT2D eigenvalue weighted by molar-refractivity contribution is 6.09. The number of fused-ring (bicyclic) bond motifs is 4. The molecule has 4 aromatic carbocycles. The van der Waals surface area contributed by atoms with Crippen molar-refractivity contribution in [2.24, 2.45) is 0 Å². The van der Waals surface area contributed by atoms with Crippen LogP contribution < -0.4 is 0 Å². The van der Waals surface area contributed by atoms with E-state index in [1.807, 2.05) is 83.4 Å². The van der Waals surface area contributed by atoms with Gasteiger partial charge in [0.05, 0.1) is 22.3 Å². The number of imidazole rings is 1. The fourth-order valence-electron chi connectivity index (χ4n) is 4.36. The zero-order chi connectivity index (χ0) is 24.4. The van der Waals surface area contributed by atoms with Gasteiger partial charge in [-0.3, -0.25) is 4.57 Å². The van der Waals surface area contributed by atoms with Crippen molar-refractivity contribution in [3.63, 3.8) is 0 Å². The van der Waals surface area contributed by atoms with Crippen LogP contribution in [0, 0.1) is 0 Å². The second kappa shape index (κ2) is 6.85. The Kier molecular flexibility index (Phi) is 3.14. The molecule has 3 heteroatoms. The van der Waals surface area contributed by atoms with E-state index in [1.165, 1.54) is 6.92 Å². The SMILES string of the molecule is [2H]C([2H])([2H])C([2H])(C)c1ccccc1-n1c(-c2cccc3c2oc2ccccc23)nc2ccccc21. The molecule has 0 saturated carbocycles. The first-order valence-corrected chi connectivity index (χ1v) is 10.3. The summed E-state index contributed by atoms with van der Waals surface area (Å²) < 4.78 is 41.2. The summed E-state index contributed by atoms with van der Waals surface area (Å²) in [6.45, 7) is -1.07. The second-order valence-corrected chi connectivity index (χ2v) is 7.68. The van der Waals surface area contributed by atoms with Crippen LogP contribution in [0.4, 0.5) is 0 Å². The predicted octanol–water partition coefficient (Wildman–Crippen LogP) is 7.72. The zero-order valence-corrected chi connectivity index (χ0v) is 17.0. The van der Waals surface area contributed by atoms with E-state index in [0.29, 0.717) is 22.7 Å². The molecule has 0 saturated heterocycles. The highest BCUT2D eigenvalue weighted by atomic mass is 16.3. The van der Waals surface area contributed by atoms with Crippen LogP contribution in [0.5, 0.6) is 0 Å². The lowest BCUT2D eigenvalue weighted by Gasteiger charge is -2.16. The smallest absolute Gasteiger partial charge is 0.149 e. The summed E-state index contributed by atoms with van der Waals surface area (Å²) in [5, 5.41) is 2.01. The van der Waals surface area contributed by atoms with Crippen molar-refractivity contribution in [2.45, 2.75) is 19.7 Å². The number of nitrogens with zero attached hydrogens (tertiary/aromatic N) is 2. The fraction of sp³-hybridized carbons (Fsp3) is 0.107. The summed E-state index contributed by atoms with van der Waals surface area (Å²) in [6.07, 6.45) is 0. The van der Waals surface area contributed by atoms with Crippen molar-refractivity contribution in [1.29, 1.82) is 0 Å². The molecule has 3 nitrogen and oxygen atoms in total. The largest absolute Gasteiger partial charge is 0.455 e. The van der Waals surface area contributed by atoms with Crippen LogP contribution in [0.25, 0.3) is 50.0 Å². The van der Waals surface area contributed by atoms with Gasteiger partial charge in [0.15, 0.2) is 0 Å². The average molecular weight is 407 g/mol. The third-order valence-corrected chi connectivity index (χ3v) is 5.75. The molecule has 2 heterocycles.